The zero-order chi connectivity index (χ0) is 12.7. The van der Waals surface area contributed by atoms with E-state index in [4.69, 9.17) is 5.73 Å². The molecule has 1 rings (SSSR count). The van der Waals surface area contributed by atoms with E-state index in [9.17, 15) is 0 Å². The fraction of sp³-hybridized carbons (Fsp3) is 0.571. The second-order valence-corrected chi connectivity index (χ2v) is 5.63. The fourth-order valence-corrected chi connectivity index (χ4v) is 2.17. The van der Waals surface area contributed by atoms with Crippen LogP contribution in [0.25, 0.3) is 0 Å². The average Bonchev–Trinajstić information content (AvgIpc) is 2.35. The van der Waals surface area contributed by atoms with E-state index in [1.54, 1.807) is 0 Å². The lowest BCUT2D eigenvalue weighted by atomic mass is 10.1. The van der Waals surface area contributed by atoms with Crippen LogP contribution >= 0.6 is 15.9 Å². The van der Waals surface area contributed by atoms with Gasteiger partial charge in [0.05, 0.1) is 0 Å². The Kier molecular flexibility index (Phi) is 6.78. The van der Waals surface area contributed by atoms with Gasteiger partial charge in [-0.15, -0.1) is 0 Å². The van der Waals surface area contributed by atoms with E-state index in [0.717, 1.165) is 26.1 Å². The lowest BCUT2D eigenvalue weighted by Gasteiger charge is -2.18. The minimum atomic E-state index is 0.626. The maximum atomic E-state index is 5.62. The highest BCUT2D eigenvalue weighted by atomic mass is 79.9. The summed E-state index contributed by atoms with van der Waals surface area (Å²) in [5.41, 5.74) is 7.00. The van der Waals surface area contributed by atoms with Crippen LogP contribution in [-0.4, -0.2) is 31.6 Å². The molecule has 0 amide bonds. The van der Waals surface area contributed by atoms with E-state index in [-0.39, 0.29) is 0 Å². The molecule has 0 saturated heterocycles. The van der Waals surface area contributed by atoms with Crippen LogP contribution in [-0.2, 0) is 6.42 Å². The highest BCUT2D eigenvalue weighted by molar-refractivity contribution is 9.10. The van der Waals surface area contributed by atoms with E-state index in [0.29, 0.717) is 5.92 Å². The van der Waals surface area contributed by atoms with Crippen LogP contribution in [0.1, 0.15) is 18.9 Å². The molecule has 0 fully saturated rings. The van der Waals surface area contributed by atoms with E-state index in [1.807, 2.05) is 0 Å². The lowest BCUT2D eigenvalue weighted by Crippen LogP contribution is -2.25. The number of nitrogens with zero attached hydrogens (tertiary/aromatic N) is 1. The minimum Gasteiger partial charge on any atom is -0.330 e. The summed E-state index contributed by atoms with van der Waals surface area (Å²) in [6, 6.07) is 8.43. The fourth-order valence-electron chi connectivity index (χ4n) is 1.68. The van der Waals surface area contributed by atoms with Crippen LogP contribution in [0.15, 0.2) is 28.7 Å². The third-order valence-electron chi connectivity index (χ3n) is 3.13. The first-order valence-electron chi connectivity index (χ1n) is 6.25. The Labute approximate surface area is 113 Å². The van der Waals surface area contributed by atoms with E-state index < -0.39 is 0 Å². The second kappa shape index (κ2) is 7.85. The first-order valence-corrected chi connectivity index (χ1v) is 7.04. The Balaban J connectivity index is 2.28. The average molecular weight is 299 g/mol. The number of rotatable bonds is 7. The van der Waals surface area contributed by atoms with Crippen molar-refractivity contribution in [3.8, 4) is 0 Å². The van der Waals surface area contributed by atoms with Crippen molar-refractivity contribution in [2.24, 2.45) is 11.7 Å². The summed E-state index contributed by atoms with van der Waals surface area (Å²) in [6.45, 7) is 5.22. The van der Waals surface area contributed by atoms with Gasteiger partial charge in [-0.3, -0.25) is 0 Å². The van der Waals surface area contributed by atoms with Crippen molar-refractivity contribution < 1.29 is 0 Å². The highest BCUT2D eigenvalue weighted by Crippen LogP contribution is 2.16. The van der Waals surface area contributed by atoms with Crippen LogP contribution in [0.3, 0.4) is 0 Å². The molecule has 0 aliphatic carbocycles. The van der Waals surface area contributed by atoms with Crippen molar-refractivity contribution in [3.63, 3.8) is 0 Å². The molecule has 2 N–H and O–H groups in total. The first kappa shape index (κ1) is 14.7. The lowest BCUT2D eigenvalue weighted by molar-refractivity contribution is 0.310. The molecular formula is C14H23BrN2. The van der Waals surface area contributed by atoms with E-state index in [1.165, 1.54) is 16.5 Å². The summed E-state index contributed by atoms with van der Waals surface area (Å²) >= 11 is 3.58. The molecule has 0 bridgehead atoms. The van der Waals surface area contributed by atoms with Gasteiger partial charge in [0.1, 0.15) is 0 Å². The van der Waals surface area contributed by atoms with Gasteiger partial charge in [-0.1, -0.05) is 41.1 Å². The molecule has 0 saturated carbocycles. The summed E-state index contributed by atoms with van der Waals surface area (Å²) in [4.78, 5) is 2.38. The van der Waals surface area contributed by atoms with Crippen molar-refractivity contribution in [2.45, 2.75) is 19.8 Å². The molecule has 0 spiro atoms. The van der Waals surface area contributed by atoms with Gasteiger partial charge in [0.15, 0.2) is 0 Å². The molecular weight excluding hydrogens is 276 g/mol. The second-order valence-electron chi connectivity index (χ2n) is 4.77. The SMILES string of the molecule is CC(CN)CCN(C)CCc1ccccc1Br. The Morgan fingerprint density at radius 3 is 2.65 bits per heavy atom. The maximum absolute atomic E-state index is 5.62. The predicted molar refractivity (Wildman–Crippen MR) is 78.2 cm³/mol. The molecule has 2 nitrogen and oxygen atoms in total. The van der Waals surface area contributed by atoms with Gasteiger partial charge in [0.25, 0.3) is 0 Å². The Morgan fingerprint density at radius 2 is 2.00 bits per heavy atom. The number of hydrogen-bond donors (Lipinski definition) is 1. The van der Waals surface area contributed by atoms with Gasteiger partial charge in [-0.25, -0.2) is 0 Å². The third kappa shape index (κ3) is 5.66. The number of likely N-dealkylation sites (N-methyl/N-ethyl adjacent to an activating group) is 1. The Hall–Kier alpha value is -0.380. The van der Waals surface area contributed by atoms with Crippen LogP contribution < -0.4 is 5.73 Å². The van der Waals surface area contributed by atoms with Crippen molar-refractivity contribution in [3.05, 3.63) is 34.3 Å². The topological polar surface area (TPSA) is 29.3 Å². The molecule has 0 heterocycles. The van der Waals surface area contributed by atoms with Gasteiger partial charge in [0.2, 0.25) is 0 Å². The van der Waals surface area contributed by atoms with Crippen LogP contribution in [0.4, 0.5) is 0 Å². The number of benzene rings is 1. The first-order chi connectivity index (χ1) is 8.13. The van der Waals surface area contributed by atoms with Crippen molar-refractivity contribution in [1.29, 1.82) is 0 Å². The molecule has 96 valence electrons. The number of halogens is 1. The Bertz CT molecular complexity index is 328. The molecule has 3 heteroatoms. The molecule has 0 aliphatic rings. The molecule has 0 aliphatic heterocycles. The van der Waals surface area contributed by atoms with Crippen LogP contribution in [0.2, 0.25) is 0 Å². The van der Waals surface area contributed by atoms with E-state index in [2.05, 4.69) is 59.1 Å². The predicted octanol–water partition coefficient (Wildman–Crippen LogP) is 2.91. The van der Waals surface area contributed by atoms with Crippen molar-refractivity contribution in [1.82, 2.24) is 4.90 Å². The summed E-state index contributed by atoms with van der Waals surface area (Å²) in [5, 5.41) is 0. The monoisotopic (exact) mass is 298 g/mol. The summed E-state index contributed by atoms with van der Waals surface area (Å²) in [5.74, 6) is 0.626. The summed E-state index contributed by atoms with van der Waals surface area (Å²) in [7, 11) is 2.18. The molecule has 1 aromatic carbocycles. The zero-order valence-electron chi connectivity index (χ0n) is 10.8. The quantitative estimate of drug-likeness (QED) is 0.839. The number of nitrogens with two attached hydrogens (primary N) is 1. The number of hydrogen-bond acceptors (Lipinski definition) is 2. The van der Waals surface area contributed by atoms with Gasteiger partial charge < -0.3 is 10.6 Å². The van der Waals surface area contributed by atoms with E-state index >= 15 is 0 Å². The summed E-state index contributed by atoms with van der Waals surface area (Å²) < 4.78 is 1.21. The highest BCUT2D eigenvalue weighted by Gasteiger charge is 2.04. The molecule has 1 atom stereocenters. The molecule has 1 unspecified atom stereocenters. The Morgan fingerprint density at radius 1 is 1.29 bits per heavy atom. The molecule has 17 heavy (non-hydrogen) atoms. The standard InChI is InChI=1S/C14H23BrN2/c1-12(11-16)7-9-17(2)10-8-13-5-3-4-6-14(13)15/h3-6,12H,7-11,16H2,1-2H3. The smallest absolute Gasteiger partial charge is 0.0207 e. The van der Waals surface area contributed by atoms with Crippen LogP contribution in [0.5, 0.6) is 0 Å². The maximum Gasteiger partial charge on any atom is 0.0207 e. The van der Waals surface area contributed by atoms with Gasteiger partial charge >= 0.3 is 0 Å². The van der Waals surface area contributed by atoms with Gasteiger partial charge in [0, 0.05) is 11.0 Å². The van der Waals surface area contributed by atoms with Gasteiger partial charge in [-0.2, -0.15) is 0 Å². The van der Waals surface area contributed by atoms with Gasteiger partial charge in [-0.05, 0) is 50.5 Å². The largest absolute Gasteiger partial charge is 0.330 e. The third-order valence-corrected chi connectivity index (χ3v) is 3.90. The van der Waals surface area contributed by atoms with Crippen molar-refractivity contribution >= 4 is 15.9 Å². The van der Waals surface area contributed by atoms with Crippen molar-refractivity contribution in [2.75, 3.05) is 26.7 Å². The zero-order valence-corrected chi connectivity index (χ0v) is 12.4. The summed E-state index contributed by atoms with van der Waals surface area (Å²) in [6.07, 6.45) is 2.28. The normalized spacial score (nSPS) is 13.0. The molecule has 0 aromatic heterocycles. The molecule has 0 radical (unpaired) electrons. The van der Waals surface area contributed by atoms with Crippen LogP contribution in [0, 0.1) is 5.92 Å². The minimum absolute atomic E-state index is 0.626. The molecule has 1 aromatic rings.